The van der Waals surface area contributed by atoms with Crippen LogP contribution < -0.4 is 0 Å². The molecule has 0 saturated heterocycles. The van der Waals surface area contributed by atoms with E-state index in [2.05, 4.69) is 0 Å². The molecule has 2 nitrogen and oxygen atoms in total. The highest BCUT2D eigenvalue weighted by Crippen LogP contribution is 2.29. The third kappa shape index (κ3) is 2.23. The van der Waals surface area contributed by atoms with Crippen LogP contribution in [0.5, 0.6) is 0 Å². The minimum atomic E-state index is -3.09. The summed E-state index contributed by atoms with van der Waals surface area (Å²) >= 11 is 0. The maximum absolute atomic E-state index is 11.6. The summed E-state index contributed by atoms with van der Waals surface area (Å²) < 4.78 is 22.5. The summed E-state index contributed by atoms with van der Waals surface area (Å²) in [7, 11) is -3.09. The van der Waals surface area contributed by atoms with Crippen LogP contribution in [0.4, 0.5) is 0 Å². The molecule has 0 saturated carbocycles. The summed E-state index contributed by atoms with van der Waals surface area (Å²) in [4.78, 5) is 0. The van der Waals surface area contributed by atoms with Gasteiger partial charge in [-0.15, -0.1) is 0 Å². The average Bonchev–Trinajstić information content (AvgIpc) is 2.07. The highest BCUT2D eigenvalue weighted by molar-refractivity contribution is 7.91. The first-order valence-electron chi connectivity index (χ1n) is 4.93. The lowest BCUT2D eigenvalue weighted by Crippen LogP contribution is -2.28. The van der Waals surface area contributed by atoms with Gasteiger partial charge in [-0.05, 0) is 44.4 Å². The Morgan fingerprint density at radius 2 is 1.60 bits per heavy atom. The van der Waals surface area contributed by atoms with Crippen LogP contribution >= 0.6 is 0 Å². The summed E-state index contributed by atoms with van der Waals surface area (Å²) in [6.07, 6.45) is 1.28. The molecule has 84 valence electrons. The molecule has 0 unspecified atom stereocenters. The molecule has 0 aliphatic carbocycles. The molecule has 0 aromatic heterocycles. The lowest BCUT2D eigenvalue weighted by molar-refractivity contribution is 0.561. The van der Waals surface area contributed by atoms with Crippen molar-refractivity contribution in [3.05, 3.63) is 34.9 Å². The predicted octanol–water partition coefficient (Wildman–Crippen LogP) is 2.58. The first kappa shape index (κ1) is 12.2. The molecule has 1 rings (SSSR count). The summed E-state index contributed by atoms with van der Waals surface area (Å²) in [6, 6.07) is 5.82. The number of hydrogen-bond donors (Lipinski definition) is 0. The Hall–Kier alpha value is -0.830. The van der Waals surface area contributed by atoms with Crippen molar-refractivity contribution >= 4 is 9.84 Å². The van der Waals surface area contributed by atoms with Crippen molar-refractivity contribution in [3.8, 4) is 0 Å². The molecule has 0 amide bonds. The molecule has 0 heterocycles. The van der Waals surface area contributed by atoms with Gasteiger partial charge in [0.1, 0.15) is 0 Å². The fourth-order valence-electron chi connectivity index (χ4n) is 1.33. The van der Waals surface area contributed by atoms with Crippen molar-refractivity contribution in [1.82, 2.24) is 0 Å². The lowest BCUT2D eigenvalue weighted by Gasteiger charge is -2.23. The Kier molecular flexibility index (Phi) is 2.97. The van der Waals surface area contributed by atoms with Crippen molar-refractivity contribution < 1.29 is 8.42 Å². The predicted molar refractivity (Wildman–Crippen MR) is 63.8 cm³/mol. The van der Waals surface area contributed by atoms with Gasteiger partial charge in [0.05, 0.1) is 4.75 Å². The maximum Gasteiger partial charge on any atom is 0.156 e. The quantitative estimate of drug-likeness (QED) is 0.776. The van der Waals surface area contributed by atoms with E-state index in [1.807, 2.05) is 32.0 Å². The molecule has 0 N–H and O–H groups in total. The van der Waals surface area contributed by atoms with E-state index in [1.165, 1.54) is 11.8 Å². The monoisotopic (exact) mass is 226 g/mol. The van der Waals surface area contributed by atoms with Gasteiger partial charge < -0.3 is 0 Å². The van der Waals surface area contributed by atoms with Crippen LogP contribution in [0, 0.1) is 13.8 Å². The van der Waals surface area contributed by atoms with Gasteiger partial charge in [-0.3, -0.25) is 0 Å². The second kappa shape index (κ2) is 3.63. The summed E-state index contributed by atoms with van der Waals surface area (Å²) in [5, 5.41) is 0. The molecule has 0 fully saturated rings. The molecule has 0 aliphatic rings. The van der Waals surface area contributed by atoms with E-state index in [1.54, 1.807) is 13.8 Å². The van der Waals surface area contributed by atoms with E-state index < -0.39 is 14.6 Å². The Morgan fingerprint density at radius 3 is 2.00 bits per heavy atom. The number of aryl methyl sites for hydroxylation is 2. The topological polar surface area (TPSA) is 34.1 Å². The van der Waals surface area contributed by atoms with E-state index in [4.69, 9.17) is 0 Å². The zero-order valence-electron chi connectivity index (χ0n) is 9.96. The van der Waals surface area contributed by atoms with Crippen molar-refractivity contribution in [2.75, 3.05) is 6.26 Å². The van der Waals surface area contributed by atoms with Crippen LogP contribution in [-0.2, 0) is 14.6 Å². The summed E-state index contributed by atoms with van der Waals surface area (Å²) in [5.74, 6) is 0. The Labute approximate surface area is 92.2 Å². The molecule has 1 aromatic carbocycles. The molecule has 1 aromatic rings. The van der Waals surface area contributed by atoms with Gasteiger partial charge in [0.15, 0.2) is 9.84 Å². The third-order valence-electron chi connectivity index (χ3n) is 3.13. The average molecular weight is 226 g/mol. The third-order valence-corrected chi connectivity index (χ3v) is 5.22. The number of hydrogen-bond acceptors (Lipinski definition) is 2. The van der Waals surface area contributed by atoms with Gasteiger partial charge in [-0.1, -0.05) is 18.2 Å². The van der Waals surface area contributed by atoms with E-state index in [0.29, 0.717) is 0 Å². The highest BCUT2D eigenvalue weighted by atomic mass is 32.2. The van der Waals surface area contributed by atoms with Crippen LogP contribution in [0.25, 0.3) is 0 Å². The zero-order chi connectivity index (χ0) is 11.9. The van der Waals surface area contributed by atoms with Crippen LogP contribution in [0.15, 0.2) is 18.2 Å². The SMILES string of the molecule is Cc1ccc(C(C)(C)S(C)(=O)=O)cc1C. The second-order valence-electron chi connectivity index (χ2n) is 4.58. The Morgan fingerprint density at radius 1 is 1.07 bits per heavy atom. The van der Waals surface area contributed by atoms with Crippen molar-refractivity contribution in [1.29, 1.82) is 0 Å². The number of sulfone groups is 1. The summed E-state index contributed by atoms with van der Waals surface area (Å²) in [5.41, 5.74) is 3.17. The van der Waals surface area contributed by atoms with E-state index in [0.717, 1.165) is 11.1 Å². The van der Waals surface area contributed by atoms with Crippen molar-refractivity contribution in [2.24, 2.45) is 0 Å². The first-order chi connectivity index (χ1) is 6.66. The van der Waals surface area contributed by atoms with Crippen LogP contribution in [0.2, 0.25) is 0 Å². The maximum atomic E-state index is 11.6. The van der Waals surface area contributed by atoms with Crippen LogP contribution in [-0.4, -0.2) is 14.7 Å². The number of benzene rings is 1. The van der Waals surface area contributed by atoms with Gasteiger partial charge >= 0.3 is 0 Å². The van der Waals surface area contributed by atoms with Crippen molar-refractivity contribution in [2.45, 2.75) is 32.4 Å². The Bertz CT molecular complexity index is 470. The fraction of sp³-hybridized carbons (Fsp3) is 0.500. The molecule has 0 spiro atoms. The van der Waals surface area contributed by atoms with Gasteiger partial charge in [0.2, 0.25) is 0 Å². The lowest BCUT2D eigenvalue weighted by atomic mass is 9.98. The second-order valence-corrected chi connectivity index (χ2v) is 7.15. The van der Waals surface area contributed by atoms with Gasteiger partial charge in [-0.25, -0.2) is 8.42 Å². The molecule has 15 heavy (non-hydrogen) atoms. The minimum Gasteiger partial charge on any atom is -0.228 e. The molecule has 3 heteroatoms. The van der Waals surface area contributed by atoms with Gasteiger partial charge in [0.25, 0.3) is 0 Å². The van der Waals surface area contributed by atoms with Crippen LogP contribution in [0.3, 0.4) is 0 Å². The number of rotatable bonds is 2. The van der Waals surface area contributed by atoms with E-state index in [9.17, 15) is 8.42 Å². The van der Waals surface area contributed by atoms with Crippen LogP contribution in [0.1, 0.15) is 30.5 Å². The largest absolute Gasteiger partial charge is 0.228 e. The Balaban J connectivity index is 3.35. The first-order valence-corrected chi connectivity index (χ1v) is 6.83. The molecular formula is C12H18O2S. The highest BCUT2D eigenvalue weighted by Gasteiger charge is 2.32. The fourth-order valence-corrected chi connectivity index (χ4v) is 1.89. The van der Waals surface area contributed by atoms with E-state index in [-0.39, 0.29) is 0 Å². The van der Waals surface area contributed by atoms with Crippen molar-refractivity contribution in [3.63, 3.8) is 0 Å². The normalized spacial score (nSPS) is 12.9. The minimum absolute atomic E-state index is 0.814. The zero-order valence-corrected chi connectivity index (χ0v) is 10.8. The van der Waals surface area contributed by atoms with Gasteiger partial charge in [-0.2, -0.15) is 0 Å². The molecule has 0 atom stereocenters. The smallest absolute Gasteiger partial charge is 0.156 e. The molecule has 0 aliphatic heterocycles. The summed E-state index contributed by atoms with van der Waals surface area (Å²) in [6.45, 7) is 7.50. The molecule has 0 radical (unpaired) electrons. The molecular weight excluding hydrogens is 208 g/mol. The van der Waals surface area contributed by atoms with E-state index >= 15 is 0 Å². The molecule has 0 bridgehead atoms. The standard InChI is InChI=1S/C12H18O2S/c1-9-6-7-11(8-10(9)2)12(3,4)15(5,13)14/h6-8H,1-5H3. The van der Waals surface area contributed by atoms with Gasteiger partial charge in [0, 0.05) is 6.26 Å².